The molecule has 3 N–H and O–H groups in total. The van der Waals surface area contributed by atoms with Crippen molar-refractivity contribution in [2.24, 2.45) is 5.73 Å². The van der Waals surface area contributed by atoms with Gasteiger partial charge >= 0.3 is 0 Å². The van der Waals surface area contributed by atoms with Crippen LogP contribution in [0.3, 0.4) is 0 Å². The van der Waals surface area contributed by atoms with Crippen LogP contribution in [0.25, 0.3) is 0 Å². The van der Waals surface area contributed by atoms with Gasteiger partial charge in [-0.15, -0.1) is 0 Å². The molecule has 0 aliphatic rings. The highest BCUT2D eigenvalue weighted by Crippen LogP contribution is 2.26. The second-order valence-electron chi connectivity index (χ2n) is 4.56. The number of nitrogens with one attached hydrogen (secondary N) is 1. The molecule has 4 nitrogen and oxygen atoms in total. The van der Waals surface area contributed by atoms with Crippen molar-refractivity contribution >= 4 is 5.69 Å². The zero-order valence-electron chi connectivity index (χ0n) is 12.1. The van der Waals surface area contributed by atoms with E-state index >= 15 is 0 Å². The number of anilines is 1. The van der Waals surface area contributed by atoms with Gasteiger partial charge < -0.3 is 20.5 Å². The molecule has 0 fully saturated rings. The molecule has 0 saturated carbocycles. The van der Waals surface area contributed by atoms with Gasteiger partial charge in [0.05, 0.1) is 25.9 Å². The average molecular weight is 290 g/mol. The van der Waals surface area contributed by atoms with E-state index in [4.69, 9.17) is 15.2 Å². The van der Waals surface area contributed by atoms with Crippen molar-refractivity contribution in [2.75, 3.05) is 26.1 Å². The van der Waals surface area contributed by atoms with Gasteiger partial charge in [0.1, 0.15) is 17.3 Å². The van der Waals surface area contributed by atoms with Crippen LogP contribution in [0, 0.1) is 5.82 Å². The number of ether oxygens (including phenoxy) is 2. The van der Waals surface area contributed by atoms with E-state index in [1.165, 1.54) is 6.07 Å². The van der Waals surface area contributed by atoms with Gasteiger partial charge in [0.15, 0.2) is 0 Å². The quantitative estimate of drug-likeness (QED) is 0.859. The topological polar surface area (TPSA) is 56.5 Å². The predicted octanol–water partition coefficient (Wildman–Crippen LogP) is 2.95. The number of hydrogen-bond acceptors (Lipinski definition) is 4. The van der Waals surface area contributed by atoms with Gasteiger partial charge in [-0.05, 0) is 29.8 Å². The third-order valence-corrected chi connectivity index (χ3v) is 3.24. The number of methoxy groups -OCH3 is 2. The van der Waals surface area contributed by atoms with Gasteiger partial charge in [-0.2, -0.15) is 0 Å². The Bertz CT molecular complexity index is 605. The third kappa shape index (κ3) is 3.64. The number of hydrogen-bond donors (Lipinski definition) is 2. The van der Waals surface area contributed by atoms with Crippen LogP contribution in [0.5, 0.6) is 11.5 Å². The maximum Gasteiger partial charge on any atom is 0.146 e. The molecular formula is C16H19FN2O2. The van der Waals surface area contributed by atoms with Crippen molar-refractivity contribution in [3.05, 3.63) is 53.8 Å². The summed E-state index contributed by atoms with van der Waals surface area (Å²) in [5.74, 6) is 0.969. The first kappa shape index (κ1) is 15.1. The maximum atomic E-state index is 13.9. The van der Waals surface area contributed by atoms with Crippen LogP contribution in [0.2, 0.25) is 0 Å². The Hall–Kier alpha value is -2.27. The summed E-state index contributed by atoms with van der Waals surface area (Å²) in [5, 5.41) is 3.10. The van der Waals surface area contributed by atoms with E-state index in [0.717, 1.165) is 11.3 Å². The normalized spacial score (nSPS) is 11.8. The lowest BCUT2D eigenvalue weighted by Gasteiger charge is -2.20. The van der Waals surface area contributed by atoms with Crippen LogP contribution < -0.4 is 20.5 Å². The van der Waals surface area contributed by atoms with Crippen LogP contribution in [-0.2, 0) is 0 Å². The molecule has 0 aromatic heterocycles. The molecule has 112 valence electrons. The summed E-state index contributed by atoms with van der Waals surface area (Å²) in [4.78, 5) is 0. The summed E-state index contributed by atoms with van der Waals surface area (Å²) in [6.45, 7) is 0.323. The van der Waals surface area contributed by atoms with Crippen molar-refractivity contribution in [3.63, 3.8) is 0 Å². The van der Waals surface area contributed by atoms with E-state index in [1.54, 1.807) is 26.4 Å². The Morgan fingerprint density at radius 2 is 1.81 bits per heavy atom. The lowest BCUT2D eigenvalue weighted by Crippen LogP contribution is -2.21. The summed E-state index contributed by atoms with van der Waals surface area (Å²) in [6.07, 6.45) is 0. The van der Waals surface area contributed by atoms with Gasteiger partial charge in [0.2, 0.25) is 0 Å². The highest BCUT2D eigenvalue weighted by molar-refractivity contribution is 5.51. The van der Waals surface area contributed by atoms with Crippen LogP contribution in [-0.4, -0.2) is 20.8 Å². The number of benzene rings is 2. The number of halogens is 1. The monoisotopic (exact) mass is 290 g/mol. The van der Waals surface area contributed by atoms with E-state index in [1.807, 2.05) is 24.3 Å². The third-order valence-electron chi connectivity index (χ3n) is 3.24. The van der Waals surface area contributed by atoms with Crippen LogP contribution in [0.4, 0.5) is 10.1 Å². The standard InChI is InChI=1S/C16H19FN2O2/c1-20-12-5-3-4-11(8-12)16(10-18)19-15-9-13(21-2)6-7-14(15)17/h3-9,16,19H,10,18H2,1-2H3. The molecule has 0 amide bonds. The van der Waals surface area contributed by atoms with Crippen molar-refractivity contribution in [1.82, 2.24) is 0 Å². The van der Waals surface area contributed by atoms with E-state index in [9.17, 15) is 4.39 Å². The average Bonchev–Trinajstić information content (AvgIpc) is 2.54. The molecule has 0 bridgehead atoms. The molecule has 0 saturated heterocycles. The van der Waals surface area contributed by atoms with E-state index in [-0.39, 0.29) is 11.9 Å². The largest absolute Gasteiger partial charge is 0.497 e. The Kier molecular flexibility index (Phi) is 5.00. The van der Waals surface area contributed by atoms with Crippen molar-refractivity contribution in [2.45, 2.75) is 6.04 Å². The van der Waals surface area contributed by atoms with Crippen molar-refractivity contribution in [3.8, 4) is 11.5 Å². The van der Waals surface area contributed by atoms with Gasteiger partial charge in [-0.1, -0.05) is 12.1 Å². The highest BCUT2D eigenvalue weighted by Gasteiger charge is 2.13. The first-order valence-electron chi connectivity index (χ1n) is 6.62. The summed E-state index contributed by atoms with van der Waals surface area (Å²) in [6, 6.07) is 11.8. The zero-order chi connectivity index (χ0) is 15.2. The van der Waals surface area contributed by atoms with E-state index in [2.05, 4.69) is 5.32 Å². The molecule has 0 aliphatic carbocycles. The fraction of sp³-hybridized carbons (Fsp3) is 0.250. The molecule has 2 aromatic rings. The van der Waals surface area contributed by atoms with Gasteiger partial charge in [-0.3, -0.25) is 0 Å². The first-order valence-corrected chi connectivity index (χ1v) is 6.62. The van der Waals surface area contributed by atoms with Gasteiger partial charge in [0.25, 0.3) is 0 Å². The second-order valence-corrected chi connectivity index (χ2v) is 4.56. The molecule has 0 aliphatic heterocycles. The summed E-state index contributed by atoms with van der Waals surface area (Å²) in [5.41, 5.74) is 7.09. The van der Waals surface area contributed by atoms with E-state index in [0.29, 0.717) is 18.0 Å². The van der Waals surface area contributed by atoms with Crippen molar-refractivity contribution in [1.29, 1.82) is 0 Å². The lowest BCUT2D eigenvalue weighted by atomic mass is 10.1. The lowest BCUT2D eigenvalue weighted by molar-refractivity contribution is 0.413. The minimum atomic E-state index is -0.350. The minimum absolute atomic E-state index is 0.221. The van der Waals surface area contributed by atoms with Crippen LogP contribution in [0.1, 0.15) is 11.6 Å². The molecule has 5 heteroatoms. The number of nitrogens with two attached hydrogens (primary N) is 1. The maximum absolute atomic E-state index is 13.9. The molecule has 1 unspecified atom stereocenters. The second kappa shape index (κ2) is 6.95. The Balaban J connectivity index is 2.26. The molecule has 21 heavy (non-hydrogen) atoms. The van der Waals surface area contributed by atoms with Crippen molar-refractivity contribution < 1.29 is 13.9 Å². The van der Waals surface area contributed by atoms with Gasteiger partial charge in [0, 0.05) is 12.6 Å². The SMILES string of the molecule is COc1cccc(C(CN)Nc2cc(OC)ccc2F)c1. The highest BCUT2D eigenvalue weighted by atomic mass is 19.1. The Labute approximate surface area is 123 Å². The zero-order valence-corrected chi connectivity index (χ0v) is 12.1. The molecule has 2 aromatic carbocycles. The smallest absolute Gasteiger partial charge is 0.146 e. The molecule has 1 atom stereocenters. The van der Waals surface area contributed by atoms with Crippen LogP contribution >= 0.6 is 0 Å². The van der Waals surface area contributed by atoms with Crippen LogP contribution in [0.15, 0.2) is 42.5 Å². The minimum Gasteiger partial charge on any atom is -0.497 e. The molecular weight excluding hydrogens is 271 g/mol. The fourth-order valence-electron chi connectivity index (χ4n) is 2.07. The molecule has 0 radical (unpaired) electrons. The molecule has 0 spiro atoms. The van der Waals surface area contributed by atoms with E-state index < -0.39 is 0 Å². The summed E-state index contributed by atoms with van der Waals surface area (Å²) < 4.78 is 24.2. The summed E-state index contributed by atoms with van der Waals surface area (Å²) >= 11 is 0. The molecule has 2 rings (SSSR count). The first-order chi connectivity index (χ1) is 10.2. The van der Waals surface area contributed by atoms with Gasteiger partial charge in [-0.25, -0.2) is 4.39 Å². The fourth-order valence-corrected chi connectivity index (χ4v) is 2.07. The predicted molar refractivity (Wildman–Crippen MR) is 81.4 cm³/mol. The Morgan fingerprint density at radius 1 is 1.10 bits per heavy atom. The molecule has 0 heterocycles. The number of rotatable bonds is 6. The Morgan fingerprint density at radius 3 is 2.48 bits per heavy atom. The summed E-state index contributed by atoms with van der Waals surface area (Å²) in [7, 11) is 3.14.